The van der Waals surface area contributed by atoms with Crippen molar-refractivity contribution in [3.05, 3.63) is 70.0 Å². The number of morpholine rings is 1. The standard InChI is InChI=1S/C20H21FN4O5/c21-15-6-4-14(5-7-15)18(24-8-10-30-11-9-24)13-22-19(26)20(27)23-16-2-1-3-17(12-16)25(28)29/h1-7,12,18H,8-11,13H2,(H,22,26)(H,23,27)/t18-/m1/s1. The van der Waals surface area contributed by atoms with Gasteiger partial charge < -0.3 is 15.4 Å². The Kier molecular flexibility index (Phi) is 7.04. The van der Waals surface area contributed by atoms with Crippen LogP contribution in [0, 0.1) is 15.9 Å². The normalized spacial score (nSPS) is 15.2. The van der Waals surface area contributed by atoms with Crippen molar-refractivity contribution in [2.24, 2.45) is 0 Å². The zero-order chi connectivity index (χ0) is 21.5. The number of nitrogens with one attached hydrogen (secondary N) is 2. The fourth-order valence-electron chi connectivity index (χ4n) is 3.19. The second kappa shape index (κ2) is 9.90. The lowest BCUT2D eigenvalue weighted by Gasteiger charge is -2.34. The first-order chi connectivity index (χ1) is 14.4. The molecule has 30 heavy (non-hydrogen) atoms. The van der Waals surface area contributed by atoms with E-state index in [9.17, 15) is 24.1 Å². The van der Waals surface area contributed by atoms with Crippen LogP contribution >= 0.6 is 0 Å². The molecule has 1 fully saturated rings. The number of non-ortho nitro benzene ring substituents is 1. The molecule has 0 unspecified atom stereocenters. The van der Waals surface area contributed by atoms with Gasteiger partial charge in [-0.3, -0.25) is 24.6 Å². The number of halogens is 1. The van der Waals surface area contributed by atoms with E-state index >= 15 is 0 Å². The summed E-state index contributed by atoms with van der Waals surface area (Å²) in [5, 5.41) is 15.8. The van der Waals surface area contributed by atoms with Gasteiger partial charge in [0.05, 0.1) is 24.2 Å². The summed E-state index contributed by atoms with van der Waals surface area (Å²) in [7, 11) is 0. The largest absolute Gasteiger partial charge is 0.379 e. The van der Waals surface area contributed by atoms with Crippen LogP contribution in [0.1, 0.15) is 11.6 Å². The summed E-state index contributed by atoms with van der Waals surface area (Å²) < 4.78 is 18.7. The van der Waals surface area contributed by atoms with Crippen molar-refractivity contribution in [3.8, 4) is 0 Å². The molecule has 0 spiro atoms. The molecule has 1 aliphatic rings. The first-order valence-electron chi connectivity index (χ1n) is 9.35. The summed E-state index contributed by atoms with van der Waals surface area (Å²) in [6, 6.07) is 11.0. The Morgan fingerprint density at radius 1 is 1.13 bits per heavy atom. The van der Waals surface area contributed by atoms with Crippen molar-refractivity contribution < 1.29 is 23.6 Å². The maximum absolute atomic E-state index is 13.3. The van der Waals surface area contributed by atoms with Gasteiger partial charge in [0.25, 0.3) is 5.69 Å². The summed E-state index contributed by atoms with van der Waals surface area (Å²) in [5.41, 5.74) is 0.752. The number of hydrogen-bond acceptors (Lipinski definition) is 6. The monoisotopic (exact) mass is 416 g/mol. The number of carbonyl (C=O) groups is 2. The fourth-order valence-corrected chi connectivity index (χ4v) is 3.19. The number of nitro groups is 1. The Balaban J connectivity index is 1.64. The van der Waals surface area contributed by atoms with Gasteiger partial charge in [-0.1, -0.05) is 18.2 Å². The molecule has 10 heteroatoms. The summed E-state index contributed by atoms with van der Waals surface area (Å²) in [4.78, 5) is 36.8. The average molecular weight is 416 g/mol. The maximum Gasteiger partial charge on any atom is 0.313 e. The molecule has 2 amide bonds. The highest BCUT2D eigenvalue weighted by molar-refractivity contribution is 6.39. The van der Waals surface area contributed by atoms with Crippen LogP contribution < -0.4 is 10.6 Å². The number of nitrogens with zero attached hydrogens (tertiary/aromatic N) is 2. The number of nitro benzene ring substituents is 1. The lowest BCUT2D eigenvalue weighted by molar-refractivity contribution is -0.384. The van der Waals surface area contributed by atoms with E-state index < -0.39 is 16.7 Å². The predicted octanol–water partition coefficient (Wildman–Crippen LogP) is 1.86. The predicted molar refractivity (Wildman–Crippen MR) is 106 cm³/mol. The number of amides is 2. The number of rotatable bonds is 6. The topological polar surface area (TPSA) is 114 Å². The van der Waals surface area contributed by atoms with Crippen LogP contribution in [-0.4, -0.2) is 54.5 Å². The third-order valence-corrected chi connectivity index (χ3v) is 4.72. The van der Waals surface area contributed by atoms with Gasteiger partial charge >= 0.3 is 11.8 Å². The van der Waals surface area contributed by atoms with Crippen molar-refractivity contribution in [1.29, 1.82) is 0 Å². The fraction of sp³-hybridized carbons (Fsp3) is 0.300. The van der Waals surface area contributed by atoms with Crippen molar-refractivity contribution in [3.63, 3.8) is 0 Å². The number of carbonyl (C=O) groups excluding carboxylic acids is 2. The van der Waals surface area contributed by atoms with Crippen LogP contribution in [0.4, 0.5) is 15.8 Å². The lowest BCUT2D eigenvalue weighted by atomic mass is 10.0. The minimum atomic E-state index is -0.935. The Bertz CT molecular complexity index is 916. The number of anilines is 1. The second-order valence-electron chi connectivity index (χ2n) is 6.69. The molecular formula is C20H21FN4O5. The Labute approximate surface area is 172 Å². The van der Waals surface area contributed by atoms with Gasteiger partial charge in [-0.25, -0.2) is 4.39 Å². The summed E-state index contributed by atoms with van der Waals surface area (Å²) in [6.07, 6.45) is 0. The van der Waals surface area contributed by atoms with Gasteiger partial charge in [-0.05, 0) is 23.8 Å². The molecule has 2 aromatic carbocycles. The zero-order valence-electron chi connectivity index (χ0n) is 16.0. The van der Waals surface area contributed by atoms with Crippen molar-refractivity contribution in [2.45, 2.75) is 6.04 Å². The average Bonchev–Trinajstić information content (AvgIpc) is 2.76. The molecule has 1 heterocycles. The molecular weight excluding hydrogens is 395 g/mol. The molecule has 3 rings (SSSR count). The Morgan fingerprint density at radius 3 is 2.50 bits per heavy atom. The van der Waals surface area contributed by atoms with E-state index in [0.717, 1.165) is 5.56 Å². The molecule has 0 bridgehead atoms. The van der Waals surface area contributed by atoms with Gasteiger partial charge in [-0.15, -0.1) is 0 Å². The Hall–Kier alpha value is -3.37. The van der Waals surface area contributed by atoms with Crippen LogP contribution in [0.25, 0.3) is 0 Å². The molecule has 1 aliphatic heterocycles. The first-order valence-corrected chi connectivity index (χ1v) is 9.35. The number of hydrogen-bond donors (Lipinski definition) is 2. The zero-order valence-corrected chi connectivity index (χ0v) is 16.0. The van der Waals surface area contributed by atoms with E-state index in [1.54, 1.807) is 12.1 Å². The molecule has 2 aromatic rings. The number of ether oxygens (including phenoxy) is 1. The molecule has 2 N–H and O–H groups in total. The third-order valence-electron chi connectivity index (χ3n) is 4.72. The van der Waals surface area contributed by atoms with Crippen LogP contribution in [0.2, 0.25) is 0 Å². The SMILES string of the molecule is O=C(NC[C@H](c1ccc(F)cc1)N1CCOCC1)C(=O)Nc1cccc([N+](=O)[O-])c1. The molecule has 1 atom stereocenters. The van der Waals surface area contributed by atoms with E-state index in [2.05, 4.69) is 15.5 Å². The van der Waals surface area contributed by atoms with Crippen molar-refractivity contribution in [1.82, 2.24) is 10.2 Å². The van der Waals surface area contributed by atoms with E-state index in [1.165, 1.54) is 36.4 Å². The minimum absolute atomic E-state index is 0.132. The van der Waals surface area contributed by atoms with E-state index in [4.69, 9.17) is 4.74 Å². The molecule has 0 radical (unpaired) electrons. The third kappa shape index (κ3) is 5.58. The second-order valence-corrected chi connectivity index (χ2v) is 6.69. The molecule has 0 aromatic heterocycles. The first kappa shape index (κ1) is 21.3. The molecule has 0 aliphatic carbocycles. The van der Waals surface area contributed by atoms with Crippen molar-refractivity contribution in [2.75, 3.05) is 38.2 Å². The van der Waals surface area contributed by atoms with E-state index in [0.29, 0.717) is 26.3 Å². The molecule has 9 nitrogen and oxygen atoms in total. The van der Waals surface area contributed by atoms with Gasteiger partial charge in [-0.2, -0.15) is 0 Å². The molecule has 1 saturated heterocycles. The van der Waals surface area contributed by atoms with Crippen molar-refractivity contribution >= 4 is 23.2 Å². The summed E-state index contributed by atoms with van der Waals surface area (Å²) >= 11 is 0. The highest BCUT2D eigenvalue weighted by Gasteiger charge is 2.24. The molecule has 158 valence electrons. The van der Waals surface area contributed by atoms with E-state index in [-0.39, 0.29) is 29.8 Å². The van der Waals surface area contributed by atoms with E-state index in [1.807, 2.05) is 0 Å². The lowest BCUT2D eigenvalue weighted by Crippen LogP contribution is -2.45. The smallest absolute Gasteiger partial charge is 0.313 e. The number of benzene rings is 2. The summed E-state index contributed by atoms with van der Waals surface area (Å²) in [5.74, 6) is -2.17. The molecule has 0 saturated carbocycles. The van der Waals surface area contributed by atoms with Crippen LogP contribution in [0.15, 0.2) is 48.5 Å². The van der Waals surface area contributed by atoms with Gasteiger partial charge in [0.2, 0.25) is 0 Å². The van der Waals surface area contributed by atoms with Crippen LogP contribution in [0.3, 0.4) is 0 Å². The van der Waals surface area contributed by atoms with Crippen LogP contribution in [-0.2, 0) is 14.3 Å². The highest BCUT2D eigenvalue weighted by Crippen LogP contribution is 2.22. The quantitative estimate of drug-likeness (QED) is 0.422. The highest BCUT2D eigenvalue weighted by atomic mass is 19.1. The van der Waals surface area contributed by atoms with Gasteiger partial charge in [0.1, 0.15) is 5.82 Å². The van der Waals surface area contributed by atoms with Gasteiger partial charge in [0, 0.05) is 37.5 Å². The van der Waals surface area contributed by atoms with Crippen LogP contribution in [0.5, 0.6) is 0 Å². The maximum atomic E-state index is 13.3. The summed E-state index contributed by atoms with van der Waals surface area (Å²) in [6.45, 7) is 2.49. The minimum Gasteiger partial charge on any atom is -0.379 e. The Morgan fingerprint density at radius 2 is 1.83 bits per heavy atom. The van der Waals surface area contributed by atoms with Gasteiger partial charge in [0.15, 0.2) is 0 Å².